The van der Waals surface area contributed by atoms with Gasteiger partial charge in [-0.3, -0.25) is 9.98 Å². The maximum absolute atomic E-state index is 14.4. The van der Waals surface area contributed by atoms with Crippen LogP contribution in [-0.2, 0) is 6.42 Å². The van der Waals surface area contributed by atoms with Crippen LogP contribution >= 0.6 is 0 Å². The summed E-state index contributed by atoms with van der Waals surface area (Å²) in [7, 11) is 0. The molecular formula is C22H19FN4O. The average molecular weight is 374 g/mol. The van der Waals surface area contributed by atoms with Gasteiger partial charge in [0.15, 0.2) is 5.88 Å². The lowest BCUT2D eigenvalue weighted by Crippen LogP contribution is -2.07. The highest BCUT2D eigenvalue weighted by molar-refractivity contribution is 6.02. The van der Waals surface area contributed by atoms with Gasteiger partial charge in [-0.2, -0.15) is 0 Å². The molecule has 0 saturated carbocycles. The number of nitrogens with one attached hydrogen (secondary N) is 2. The lowest BCUT2D eigenvalue weighted by atomic mass is 10.2. The third kappa shape index (κ3) is 3.86. The van der Waals surface area contributed by atoms with E-state index < -0.39 is 0 Å². The second-order valence-corrected chi connectivity index (χ2v) is 6.35. The first kappa shape index (κ1) is 17.7. The number of pyridine rings is 1. The van der Waals surface area contributed by atoms with Gasteiger partial charge in [-0.25, -0.2) is 4.39 Å². The third-order valence-corrected chi connectivity index (χ3v) is 4.44. The molecule has 0 bridgehead atoms. The predicted octanol–water partition coefficient (Wildman–Crippen LogP) is 4.81. The molecule has 2 aromatic carbocycles. The number of halogens is 1. The maximum atomic E-state index is 14.4. The van der Waals surface area contributed by atoms with Crippen LogP contribution in [0.2, 0.25) is 0 Å². The Hall–Kier alpha value is -3.67. The monoisotopic (exact) mass is 374 g/mol. The molecule has 0 aliphatic heterocycles. The van der Waals surface area contributed by atoms with E-state index in [1.165, 1.54) is 12.3 Å². The predicted molar refractivity (Wildman–Crippen MR) is 110 cm³/mol. The van der Waals surface area contributed by atoms with E-state index in [0.717, 1.165) is 16.6 Å². The average Bonchev–Trinajstić information content (AvgIpc) is 3.04. The van der Waals surface area contributed by atoms with E-state index >= 15 is 0 Å². The van der Waals surface area contributed by atoms with Crippen molar-refractivity contribution in [3.05, 3.63) is 83.9 Å². The molecule has 0 amide bonds. The molecule has 0 radical (unpaired) electrons. The Labute approximate surface area is 161 Å². The molecule has 0 aliphatic rings. The van der Waals surface area contributed by atoms with E-state index in [2.05, 4.69) is 20.3 Å². The SMILES string of the molecule is Oc1[nH]c2ccccc2c1C=Nc1ccc(NCCc2ccccn2)c(F)c1. The summed E-state index contributed by atoms with van der Waals surface area (Å²) in [6, 6.07) is 18.0. The summed E-state index contributed by atoms with van der Waals surface area (Å²) in [6.07, 6.45) is 3.99. The second-order valence-electron chi connectivity index (χ2n) is 6.35. The molecule has 0 saturated heterocycles. The van der Waals surface area contributed by atoms with Crippen molar-refractivity contribution in [1.29, 1.82) is 0 Å². The molecule has 4 aromatic rings. The fourth-order valence-electron chi connectivity index (χ4n) is 3.02. The van der Waals surface area contributed by atoms with Crippen molar-refractivity contribution < 1.29 is 9.50 Å². The number of aromatic nitrogens is 2. The number of hydrogen-bond acceptors (Lipinski definition) is 4. The molecule has 0 spiro atoms. The minimum atomic E-state index is -0.376. The van der Waals surface area contributed by atoms with E-state index in [4.69, 9.17) is 0 Å². The lowest BCUT2D eigenvalue weighted by Gasteiger charge is -2.07. The Morgan fingerprint density at radius 3 is 2.79 bits per heavy atom. The van der Waals surface area contributed by atoms with Gasteiger partial charge in [-0.05, 0) is 30.3 Å². The molecule has 140 valence electrons. The van der Waals surface area contributed by atoms with Crippen LogP contribution in [0.4, 0.5) is 15.8 Å². The van der Waals surface area contributed by atoms with Crippen molar-refractivity contribution in [3.8, 4) is 5.88 Å². The van der Waals surface area contributed by atoms with Gasteiger partial charge in [0.25, 0.3) is 0 Å². The first-order chi connectivity index (χ1) is 13.7. The number of aromatic amines is 1. The van der Waals surface area contributed by atoms with Crippen molar-refractivity contribution in [1.82, 2.24) is 9.97 Å². The van der Waals surface area contributed by atoms with Crippen LogP contribution in [0.5, 0.6) is 5.88 Å². The zero-order chi connectivity index (χ0) is 19.3. The van der Waals surface area contributed by atoms with Gasteiger partial charge in [-0.15, -0.1) is 0 Å². The quantitative estimate of drug-likeness (QED) is 0.424. The normalized spacial score (nSPS) is 11.3. The van der Waals surface area contributed by atoms with Crippen LogP contribution in [0.1, 0.15) is 11.3 Å². The highest BCUT2D eigenvalue weighted by Gasteiger charge is 2.08. The van der Waals surface area contributed by atoms with Gasteiger partial charge in [0, 0.05) is 48.0 Å². The first-order valence-corrected chi connectivity index (χ1v) is 8.98. The molecule has 0 unspecified atom stereocenters. The molecule has 3 N–H and O–H groups in total. The van der Waals surface area contributed by atoms with E-state index in [1.807, 2.05) is 42.5 Å². The van der Waals surface area contributed by atoms with Crippen LogP contribution in [0.25, 0.3) is 10.9 Å². The summed E-state index contributed by atoms with van der Waals surface area (Å²) in [5.41, 5.74) is 3.24. The van der Waals surface area contributed by atoms with Crippen LogP contribution in [0.15, 0.2) is 71.9 Å². The van der Waals surface area contributed by atoms with Crippen LogP contribution in [0, 0.1) is 5.82 Å². The summed E-state index contributed by atoms with van der Waals surface area (Å²) >= 11 is 0. The Bertz CT molecular complexity index is 1120. The van der Waals surface area contributed by atoms with Crippen LogP contribution in [-0.4, -0.2) is 27.8 Å². The fourth-order valence-corrected chi connectivity index (χ4v) is 3.02. The van der Waals surface area contributed by atoms with E-state index in [-0.39, 0.29) is 11.7 Å². The molecule has 6 heteroatoms. The Morgan fingerprint density at radius 1 is 1.11 bits per heavy atom. The third-order valence-electron chi connectivity index (χ3n) is 4.44. The Balaban J connectivity index is 1.45. The summed E-state index contributed by atoms with van der Waals surface area (Å²) < 4.78 is 14.4. The maximum Gasteiger partial charge on any atom is 0.198 e. The number of aromatic hydroxyl groups is 1. The zero-order valence-electron chi connectivity index (χ0n) is 15.1. The number of anilines is 1. The van der Waals surface area contributed by atoms with Gasteiger partial charge in [0.1, 0.15) is 5.82 Å². The fraction of sp³-hybridized carbons (Fsp3) is 0.0909. The van der Waals surface area contributed by atoms with Crippen molar-refractivity contribution >= 4 is 28.5 Å². The number of fused-ring (bicyclic) bond motifs is 1. The zero-order valence-corrected chi connectivity index (χ0v) is 15.1. The number of nitrogens with zero attached hydrogens (tertiary/aromatic N) is 2. The molecule has 0 aliphatic carbocycles. The standard InChI is InChI=1S/C22H19FN4O/c23-19-13-16(8-9-21(19)25-12-10-15-5-3-4-11-24-15)26-14-18-17-6-1-2-7-20(17)27-22(18)28/h1-9,11,13-14,25,27-28H,10,12H2. The summed E-state index contributed by atoms with van der Waals surface area (Å²) in [4.78, 5) is 11.5. The summed E-state index contributed by atoms with van der Waals surface area (Å²) in [5, 5.41) is 14.0. The number of H-pyrrole nitrogens is 1. The van der Waals surface area contributed by atoms with E-state index in [1.54, 1.807) is 18.3 Å². The highest BCUT2D eigenvalue weighted by atomic mass is 19.1. The number of hydrogen-bond donors (Lipinski definition) is 3. The van der Waals surface area contributed by atoms with Gasteiger partial charge in [0.05, 0.1) is 16.9 Å². The molecule has 0 fully saturated rings. The van der Waals surface area contributed by atoms with Crippen LogP contribution < -0.4 is 5.32 Å². The van der Waals surface area contributed by atoms with Gasteiger partial charge in [-0.1, -0.05) is 24.3 Å². The Morgan fingerprint density at radius 2 is 1.96 bits per heavy atom. The highest BCUT2D eigenvalue weighted by Crippen LogP contribution is 2.27. The minimum absolute atomic E-state index is 0.0400. The van der Waals surface area contributed by atoms with Gasteiger partial charge in [0.2, 0.25) is 0 Å². The van der Waals surface area contributed by atoms with Crippen molar-refractivity contribution in [2.24, 2.45) is 4.99 Å². The minimum Gasteiger partial charge on any atom is -0.494 e. The van der Waals surface area contributed by atoms with Crippen LogP contribution in [0.3, 0.4) is 0 Å². The number of benzene rings is 2. The largest absolute Gasteiger partial charge is 0.494 e. The van der Waals surface area contributed by atoms with Crippen molar-refractivity contribution in [2.45, 2.75) is 6.42 Å². The van der Waals surface area contributed by atoms with Crippen molar-refractivity contribution in [3.63, 3.8) is 0 Å². The van der Waals surface area contributed by atoms with Gasteiger partial charge < -0.3 is 15.4 Å². The first-order valence-electron chi connectivity index (χ1n) is 8.98. The van der Waals surface area contributed by atoms with E-state index in [9.17, 15) is 9.50 Å². The smallest absolute Gasteiger partial charge is 0.198 e. The summed E-state index contributed by atoms with van der Waals surface area (Å²) in [5.74, 6) is -0.336. The summed E-state index contributed by atoms with van der Waals surface area (Å²) in [6.45, 7) is 0.583. The van der Waals surface area contributed by atoms with Gasteiger partial charge >= 0.3 is 0 Å². The molecular weight excluding hydrogens is 355 g/mol. The molecule has 5 nitrogen and oxygen atoms in total. The van der Waals surface area contributed by atoms with Crippen molar-refractivity contribution in [2.75, 3.05) is 11.9 Å². The topological polar surface area (TPSA) is 73.3 Å². The molecule has 0 atom stereocenters. The molecule has 2 heterocycles. The van der Waals surface area contributed by atoms with E-state index in [0.29, 0.717) is 29.9 Å². The number of aliphatic imine (C=N–C) groups is 1. The molecule has 2 aromatic heterocycles. The number of rotatable bonds is 6. The Kier molecular flexibility index (Phi) is 5.01. The lowest BCUT2D eigenvalue weighted by molar-refractivity contribution is 0.457. The second kappa shape index (κ2) is 7.92. The molecule has 28 heavy (non-hydrogen) atoms. The number of para-hydroxylation sites is 1. The molecule has 4 rings (SSSR count).